The molecule has 1 N–H and O–H groups in total. The number of amides is 1. The van der Waals surface area contributed by atoms with Gasteiger partial charge in [0.1, 0.15) is 11.6 Å². The summed E-state index contributed by atoms with van der Waals surface area (Å²) in [6.45, 7) is 2.07. The van der Waals surface area contributed by atoms with Crippen LogP contribution in [0.1, 0.15) is 44.3 Å². The van der Waals surface area contributed by atoms with Crippen LogP contribution in [0, 0.1) is 6.92 Å². The molecule has 0 fully saturated rings. The summed E-state index contributed by atoms with van der Waals surface area (Å²) >= 11 is 1.39. The highest BCUT2D eigenvalue weighted by Crippen LogP contribution is 2.30. The number of benzene rings is 2. The van der Waals surface area contributed by atoms with Crippen molar-refractivity contribution in [2.75, 3.05) is 5.32 Å². The molecule has 0 saturated carbocycles. The van der Waals surface area contributed by atoms with Gasteiger partial charge in [0.05, 0.1) is 23.2 Å². The van der Waals surface area contributed by atoms with Gasteiger partial charge < -0.3 is 10.1 Å². The Morgan fingerprint density at radius 1 is 1.06 bits per heavy atom. The molecule has 166 valence electrons. The number of esters is 1. The minimum atomic E-state index is -0.349. The van der Waals surface area contributed by atoms with Crippen LogP contribution in [0.4, 0.5) is 5.69 Å². The lowest BCUT2D eigenvalue weighted by molar-refractivity contribution is -0.115. The lowest BCUT2D eigenvalue weighted by Gasteiger charge is -2.11. The molecule has 1 aliphatic carbocycles. The standard InChI is InChI=1S/C26H23N3O3S/c1-16-9-11-17(12-10-16)27-23(30)13-24-28-18(15-33-24)14-32-26(31)25-19-5-2-3-7-21(19)29-22-8-4-6-20(22)25/h2-3,5,7,9-12,15H,4,6,8,13-14H2,1H3,(H,27,30). The van der Waals surface area contributed by atoms with Crippen LogP contribution in [0.25, 0.3) is 10.9 Å². The van der Waals surface area contributed by atoms with E-state index in [4.69, 9.17) is 9.72 Å². The molecule has 0 aliphatic heterocycles. The Bertz CT molecular complexity index is 1340. The zero-order valence-corrected chi connectivity index (χ0v) is 19.1. The molecule has 0 spiro atoms. The van der Waals surface area contributed by atoms with Gasteiger partial charge in [-0.05, 0) is 49.9 Å². The summed E-state index contributed by atoms with van der Waals surface area (Å²) in [6, 6.07) is 15.3. The minimum absolute atomic E-state index is 0.0698. The molecule has 0 saturated heterocycles. The number of pyridine rings is 1. The molecule has 0 radical (unpaired) electrons. The Morgan fingerprint density at radius 2 is 1.88 bits per heavy atom. The average Bonchev–Trinajstić information content (AvgIpc) is 3.46. The first-order valence-electron chi connectivity index (χ1n) is 10.9. The molecule has 5 rings (SSSR count). The molecule has 0 bridgehead atoms. The van der Waals surface area contributed by atoms with Crippen molar-refractivity contribution < 1.29 is 14.3 Å². The fourth-order valence-electron chi connectivity index (χ4n) is 4.13. The monoisotopic (exact) mass is 457 g/mol. The highest BCUT2D eigenvalue weighted by molar-refractivity contribution is 7.09. The van der Waals surface area contributed by atoms with E-state index >= 15 is 0 Å². The van der Waals surface area contributed by atoms with Crippen molar-refractivity contribution in [1.82, 2.24) is 9.97 Å². The number of aromatic nitrogens is 2. The quantitative estimate of drug-likeness (QED) is 0.411. The van der Waals surface area contributed by atoms with Crippen molar-refractivity contribution in [3.8, 4) is 0 Å². The number of thiazole rings is 1. The van der Waals surface area contributed by atoms with E-state index in [1.165, 1.54) is 11.3 Å². The fourth-order valence-corrected chi connectivity index (χ4v) is 4.91. The zero-order chi connectivity index (χ0) is 22.8. The molecule has 2 heterocycles. The molecule has 0 unspecified atom stereocenters. The van der Waals surface area contributed by atoms with Crippen LogP contribution >= 0.6 is 11.3 Å². The van der Waals surface area contributed by atoms with Gasteiger partial charge in [0.2, 0.25) is 5.91 Å². The zero-order valence-electron chi connectivity index (χ0n) is 18.3. The third-order valence-electron chi connectivity index (χ3n) is 5.72. The largest absolute Gasteiger partial charge is 0.456 e. The highest BCUT2D eigenvalue weighted by atomic mass is 32.1. The van der Waals surface area contributed by atoms with Crippen LogP contribution < -0.4 is 5.32 Å². The van der Waals surface area contributed by atoms with Crippen LogP contribution in [0.2, 0.25) is 0 Å². The summed E-state index contributed by atoms with van der Waals surface area (Å²) in [4.78, 5) is 34.6. The van der Waals surface area contributed by atoms with Gasteiger partial charge in [-0.25, -0.2) is 9.78 Å². The maximum Gasteiger partial charge on any atom is 0.339 e. The Labute approximate surface area is 195 Å². The van der Waals surface area contributed by atoms with Gasteiger partial charge in [-0.2, -0.15) is 0 Å². The number of hydrogen-bond donors (Lipinski definition) is 1. The number of carbonyl (C=O) groups excluding carboxylic acids is 2. The maximum absolute atomic E-state index is 13.1. The first-order chi connectivity index (χ1) is 16.1. The van der Waals surface area contributed by atoms with E-state index in [-0.39, 0.29) is 24.9 Å². The summed E-state index contributed by atoms with van der Waals surface area (Å²) in [5, 5.41) is 6.22. The van der Waals surface area contributed by atoms with Crippen LogP contribution in [0.5, 0.6) is 0 Å². The lowest BCUT2D eigenvalue weighted by Crippen LogP contribution is -2.14. The normalized spacial score (nSPS) is 12.5. The van der Waals surface area contributed by atoms with Crippen molar-refractivity contribution in [2.45, 2.75) is 39.2 Å². The van der Waals surface area contributed by atoms with Crippen molar-refractivity contribution in [2.24, 2.45) is 0 Å². The van der Waals surface area contributed by atoms with Crippen molar-refractivity contribution in [3.63, 3.8) is 0 Å². The third kappa shape index (κ3) is 4.64. The van der Waals surface area contributed by atoms with Gasteiger partial charge in [0.15, 0.2) is 0 Å². The lowest BCUT2D eigenvalue weighted by atomic mass is 10.0. The fraction of sp³-hybridized carbons (Fsp3) is 0.231. The van der Waals surface area contributed by atoms with E-state index in [1.54, 1.807) is 0 Å². The van der Waals surface area contributed by atoms with E-state index in [0.717, 1.165) is 52.7 Å². The molecular formula is C26H23N3O3S. The second-order valence-corrected chi connectivity index (χ2v) is 9.13. The number of carbonyl (C=O) groups is 2. The summed E-state index contributed by atoms with van der Waals surface area (Å²) in [6.07, 6.45) is 2.91. The number of hydrogen-bond acceptors (Lipinski definition) is 6. The Balaban J connectivity index is 1.24. The molecular weight excluding hydrogens is 434 g/mol. The van der Waals surface area contributed by atoms with E-state index in [9.17, 15) is 9.59 Å². The van der Waals surface area contributed by atoms with E-state index in [1.807, 2.05) is 60.8 Å². The van der Waals surface area contributed by atoms with Gasteiger partial charge in [0.25, 0.3) is 0 Å². The third-order valence-corrected chi connectivity index (χ3v) is 6.62. The molecule has 1 amide bonds. The molecule has 4 aromatic rings. The molecule has 0 atom stereocenters. The van der Waals surface area contributed by atoms with Crippen molar-refractivity contribution >= 4 is 39.8 Å². The number of aryl methyl sites for hydroxylation is 2. The number of fused-ring (bicyclic) bond motifs is 2. The van der Waals surface area contributed by atoms with Gasteiger partial charge >= 0.3 is 5.97 Å². The number of rotatable bonds is 6. The average molecular weight is 458 g/mol. The van der Waals surface area contributed by atoms with Gasteiger partial charge in [0, 0.05) is 22.1 Å². The second kappa shape index (κ2) is 9.11. The molecule has 33 heavy (non-hydrogen) atoms. The first kappa shape index (κ1) is 21.3. The SMILES string of the molecule is Cc1ccc(NC(=O)Cc2nc(COC(=O)c3c4c(nc5ccccc35)CCC4)cs2)cc1. The van der Waals surface area contributed by atoms with E-state index < -0.39 is 0 Å². The predicted octanol–water partition coefficient (Wildman–Crippen LogP) is 5.03. The summed E-state index contributed by atoms with van der Waals surface area (Å²) in [5.41, 5.74) is 5.98. The number of nitrogens with one attached hydrogen (secondary N) is 1. The number of anilines is 1. The first-order valence-corrected chi connectivity index (χ1v) is 11.8. The molecule has 2 aromatic carbocycles. The topological polar surface area (TPSA) is 81.2 Å². The maximum atomic E-state index is 13.1. The van der Waals surface area contributed by atoms with E-state index in [2.05, 4.69) is 10.3 Å². The van der Waals surface area contributed by atoms with Crippen LogP contribution in [0.15, 0.2) is 53.9 Å². The Morgan fingerprint density at radius 3 is 2.73 bits per heavy atom. The Kier molecular flexibility index (Phi) is 5.88. The Hall–Kier alpha value is -3.58. The van der Waals surface area contributed by atoms with Gasteiger partial charge in [-0.3, -0.25) is 9.78 Å². The molecule has 1 aliphatic rings. The summed E-state index contributed by atoms with van der Waals surface area (Å²) in [5.74, 6) is -0.478. The van der Waals surface area contributed by atoms with E-state index in [0.29, 0.717) is 16.3 Å². The van der Waals surface area contributed by atoms with Crippen LogP contribution in [-0.2, 0) is 35.4 Å². The summed E-state index contributed by atoms with van der Waals surface area (Å²) in [7, 11) is 0. The van der Waals surface area contributed by atoms with Gasteiger partial charge in [-0.15, -0.1) is 11.3 Å². The smallest absolute Gasteiger partial charge is 0.339 e. The number of ether oxygens (including phenoxy) is 1. The molecule has 7 heteroatoms. The van der Waals surface area contributed by atoms with Crippen molar-refractivity contribution in [3.05, 3.63) is 87.0 Å². The number of para-hydroxylation sites is 1. The number of nitrogens with zero attached hydrogens (tertiary/aromatic N) is 2. The molecule has 2 aromatic heterocycles. The minimum Gasteiger partial charge on any atom is -0.456 e. The van der Waals surface area contributed by atoms with Gasteiger partial charge in [-0.1, -0.05) is 35.9 Å². The second-order valence-electron chi connectivity index (χ2n) is 8.18. The molecule has 6 nitrogen and oxygen atoms in total. The van der Waals surface area contributed by atoms with Crippen LogP contribution in [0.3, 0.4) is 0 Å². The highest BCUT2D eigenvalue weighted by Gasteiger charge is 2.25. The van der Waals surface area contributed by atoms with Crippen LogP contribution in [-0.4, -0.2) is 21.8 Å². The predicted molar refractivity (Wildman–Crippen MR) is 129 cm³/mol. The van der Waals surface area contributed by atoms with Crippen molar-refractivity contribution in [1.29, 1.82) is 0 Å². The summed E-state index contributed by atoms with van der Waals surface area (Å²) < 4.78 is 5.65.